The molecule has 3 heterocycles. The highest BCUT2D eigenvalue weighted by atomic mass is 16.2. The van der Waals surface area contributed by atoms with E-state index < -0.39 is 0 Å². The molecule has 0 aliphatic carbocycles. The molecular weight excluding hydrogens is 342 g/mol. The highest BCUT2D eigenvalue weighted by Gasteiger charge is 2.31. The average Bonchev–Trinajstić information content (AvgIpc) is 2.71. The summed E-state index contributed by atoms with van der Waals surface area (Å²) in [6.07, 6.45) is 8.21. The van der Waals surface area contributed by atoms with Gasteiger partial charge in [0.05, 0.1) is 5.92 Å². The topological polar surface area (TPSA) is 91.6 Å². The Balaban J connectivity index is 1.42. The first-order chi connectivity index (χ1) is 13.1. The molecule has 148 valence electrons. The van der Waals surface area contributed by atoms with Crippen molar-refractivity contribution in [1.82, 2.24) is 20.1 Å². The molecule has 0 saturated carbocycles. The molecular formula is C20H31N5O2. The van der Waals surface area contributed by atoms with Crippen LogP contribution in [-0.4, -0.2) is 65.4 Å². The number of carbonyl (C=O) groups is 2. The van der Waals surface area contributed by atoms with Gasteiger partial charge in [-0.2, -0.15) is 0 Å². The van der Waals surface area contributed by atoms with E-state index in [0.29, 0.717) is 19.0 Å². The zero-order valence-corrected chi connectivity index (χ0v) is 16.0. The van der Waals surface area contributed by atoms with Gasteiger partial charge in [-0.25, -0.2) is 0 Å². The molecule has 2 aliphatic heterocycles. The van der Waals surface area contributed by atoms with Gasteiger partial charge >= 0.3 is 0 Å². The molecule has 7 heteroatoms. The van der Waals surface area contributed by atoms with Gasteiger partial charge in [0.2, 0.25) is 11.8 Å². The molecule has 1 atom stereocenters. The van der Waals surface area contributed by atoms with Gasteiger partial charge in [0.15, 0.2) is 0 Å². The fourth-order valence-electron chi connectivity index (χ4n) is 4.16. The van der Waals surface area contributed by atoms with Crippen molar-refractivity contribution in [1.29, 1.82) is 0 Å². The Bertz CT molecular complexity index is 616. The van der Waals surface area contributed by atoms with Crippen molar-refractivity contribution in [2.45, 2.75) is 44.7 Å². The standard InChI is InChI=1S/C20H31N5O2/c21-19(26)7-12-24-10-5-18(6-11-24)25-9-2-4-17(15-25)20(27)23-14-16-3-1-8-22-13-16/h1,3,8,13,17-18H,2,4-7,9-12,14-15H2,(H2,21,26)(H,23,27)/t17-/m1/s1. The van der Waals surface area contributed by atoms with Crippen molar-refractivity contribution >= 4 is 11.8 Å². The summed E-state index contributed by atoms with van der Waals surface area (Å²) < 4.78 is 0. The third kappa shape index (κ3) is 6.01. The molecule has 7 nitrogen and oxygen atoms in total. The number of likely N-dealkylation sites (tertiary alicyclic amines) is 2. The van der Waals surface area contributed by atoms with Gasteiger partial charge in [-0.15, -0.1) is 0 Å². The number of nitrogens with one attached hydrogen (secondary N) is 1. The molecule has 2 amide bonds. The predicted molar refractivity (Wildman–Crippen MR) is 104 cm³/mol. The first-order valence-electron chi connectivity index (χ1n) is 10.0. The van der Waals surface area contributed by atoms with Crippen LogP contribution >= 0.6 is 0 Å². The largest absolute Gasteiger partial charge is 0.370 e. The van der Waals surface area contributed by atoms with E-state index in [-0.39, 0.29) is 17.7 Å². The van der Waals surface area contributed by atoms with Gasteiger partial charge < -0.3 is 16.0 Å². The third-order valence-electron chi connectivity index (χ3n) is 5.76. The normalized spacial score (nSPS) is 22.4. The highest BCUT2D eigenvalue weighted by molar-refractivity contribution is 5.79. The Kier molecular flexibility index (Phi) is 7.18. The summed E-state index contributed by atoms with van der Waals surface area (Å²) in [4.78, 5) is 32.4. The summed E-state index contributed by atoms with van der Waals surface area (Å²) in [7, 11) is 0. The van der Waals surface area contributed by atoms with E-state index in [2.05, 4.69) is 20.1 Å². The first kappa shape index (κ1) is 19.8. The second-order valence-corrected chi connectivity index (χ2v) is 7.70. The summed E-state index contributed by atoms with van der Waals surface area (Å²) in [5.41, 5.74) is 6.27. The minimum Gasteiger partial charge on any atom is -0.370 e. The molecule has 0 spiro atoms. The maximum absolute atomic E-state index is 12.6. The average molecular weight is 374 g/mol. The van der Waals surface area contributed by atoms with Crippen LogP contribution in [0.2, 0.25) is 0 Å². The zero-order valence-electron chi connectivity index (χ0n) is 16.0. The number of piperidine rings is 2. The molecule has 0 aromatic carbocycles. The Morgan fingerprint density at radius 3 is 2.74 bits per heavy atom. The number of carbonyl (C=O) groups excluding carboxylic acids is 2. The number of nitrogens with zero attached hydrogens (tertiary/aromatic N) is 3. The van der Waals surface area contributed by atoms with Gasteiger partial charge in [-0.05, 0) is 56.9 Å². The van der Waals surface area contributed by atoms with Crippen molar-refractivity contribution in [3.05, 3.63) is 30.1 Å². The van der Waals surface area contributed by atoms with Gasteiger partial charge in [0.25, 0.3) is 0 Å². The second-order valence-electron chi connectivity index (χ2n) is 7.70. The summed E-state index contributed by atoms with van der Waals surface area (Å²) in [5.74, 6) is -0.000878. The molecule has 0 radical (unpaired) electrons. The minimum absolute atomic E-state index is 0.0725. The van der Waals surface area contributed by atoms with E-state index >= 15 is 0 Å². The van der Waals surface area contributed by atoms with Crippen LogP contribution in [0.3, 0.4) is 0 Å². The van der Waals surface area contributed by atoms with Crippen molar-refractivity contribution in [2.24, 2.45) is 11.7 Å². The molecule has 0 unspecified atom stereocenters. The van der Waals surface area contributed by atoms with Crippen LogP contribution in [-0.2, 0) is 16.1 Å². The third-order valence-corrected chi connectivity index (χ3v) is 5.76. The number of amides is 2. The first-order valence-corrected chi connectivity index (χ1v) is 10.0. The van der Waals surface area contributed by atoms with Crippen LogP contribution in [0.5, 0.6) is 0 Å². The monoisotopic (exact) mass is 373 g/mol. The van der Waals surface area contributed by atoms with E-state index in [1.807, 2.05) is 12.1 Å². The van der Waals surface area contributed by atoms with Crippen LogP contribution in [0, 0.1) is 5.92 Å². The molecule has 0 bridgehead atoms. The fraction of sp³-hybridized carbons (Fsp3) is 0.650. The van der Waals surface area contributed by atoms with Gasteiger partial charge in [-0.1, -0.05) is 6.07 Å². The maximum atomic E-state index is 12.6. The molecule has 1 aromatic rings. The lowest BCUT2D eigenvalue weighted by atomic mass is 9.93. The molecule has 27 heavy (non-hydrogen) atoms. The Morgan fingerprint density at radius 1 is 1.22 bits per heavy atom. The van der Waals surface area contributed by atoms with Crippen molar-refractivity contribution < 1.29 is 9.59 Å². The molecule has 2 fully saturated rings. The number of hydrogen-bond donors (Lipinski definition) is 2. The van der Waals surface area contributed by atoms with Crippen LogP contribution in [0.15, 0.2) is 24.5 Å². The fourth-order valence-corrected chi connectivity index (χ4v) is 4.16. The summed E-state index contributed by atoms with van der Waals surface area (Å²) in [5, 5.41) is 3.07. The SMILES string of the molecule is NC(=O)CCN1CCC(N2CCC[C@@H](C(=O)NCc3cccnc3)C2)CC1. The zero-order chi connectivity index (χ0) is 19.1. The molecule has 2 saturated heterocycles. The maximum Gasteiger partial charge on any atom is 0.224 e. The van der Waals surface area contributed by atoms with E-state index in [4.69, 9.17) is 5.73 Å². The second kappa shape index (κ2) is 9.80. The van der Waals surface area contributed by atoms with E-state index in [1.165, 1.54) is 0 Å². The molecule has 2 aliphatic rings. The number of aromatic nitrogens is 1. The van der Waals surface area contributed by atoms with Crippen molar-refractivity contribution in [3.8, 4) is 0 Å². The number of pyridine rings is 1. The van der Waals surface area contributed by atoms with E-state index in [0.717, 1.165) is 64.0 Å². The summed E-state index contributed by atoms with van der Waals surface area (Å²) in [6.45, 7) is 5.25. The summed E-state index contributed by atoms with van der Waals surface area (Å²) in [6, 6.07) is 4.41. The lowest BCUT2D eigenvalue weighted by Crippen LogP contribution is -2.51. The predicted octanol–water partition coefficient (Wildman–Crippen LogP) is 0.750. The van der Waals surface area contributed by atoms with Crippen molar-refractivity contribution in [3.63, 3.8) is 0 Å². The van der Waals surface area contributed by atoms with Crippen LogP contribution in [0.1, 0.15) is 37.7 Å². The minimum atomic E-state index is -0.228. The summed E-state index contributed by atoms with van der Waals surface area (Å²) >= 11 is 0. The number of primary amides is 1. The van der Waals surface area contributed by atoms with Gasteiger partial charge in [-0.3, -0.25) is 19.5 Å². The quantitative estimate of drug-likeness (QED) is 0.736. The Hall–Kier alpha value is -1.99. The van der Waals surface area contributed by atoms with E-state index in [1.54, 1.807) is 12.4 Å². The molecule has 3 N–H and O–H groups in total. The smallest absolute Gasteiger partial charge is 0.224 e. The highest BCUT2D eigenvalue weighted by Crippen LogP contribution is 2.24. The number of hydrogen-bond acceptors (Lipinski definition) is 5. The van der Waals surface area contributed by atoms with Gasteiger partial charge in [0, 0.05) is 44.5 Å². The molecule has 3 rings (SSSR count). The number of rotatable bonds is 7. The Morgan fingerprint density at radius 2 is 2.04 bits per heavy atom. The lowest BCUT2D eigenvalue weighted by Gasteiger charge is -2.42. The lowest BCUT2D eigenvalue weighted by molar-refractivity contribution is -0.127. The molecule has 1 aromatic heterocycles. The van der Waals surface area contributed by atoms with E-state index in [9.17, 15) is 9.59 Å². The van der Waals surface area contributed by atoms with Crippen LogP contribution in [0.4, 0.5) is 0 Å². The number of nitrogens with two attached hydrogens (primary N) is 1. The Labute approximate surface area is 161 Å². The van der Waals surface area contributed by atoms with Gasteiger partial charge in [0.1, 0.15) is 0 Å². The van der Waals surface area contributed by atoms with Crippen LogP contribution in [0.25, 0.3) is 0 Å². The van der Waals surface area contributed by atoms with Crippen molar-refractivity contribution in [2.75, 3.05) is 32.7 Å². The van der Waals surface area contributed by atoms with Crippen LogP contribution < -0.4 is 11.1 Å².